The average Bonchev–Trinajstić information content (AvgIpc) is 2.64. The van der Waals surface area contributed by atoms with Crippen LogP contribution in [0.1, 0.15) is 26.3 Å². The summed E-state index contributed by atoms with van der Waals surface area (Å²) in [5.74, 6) is 0. The molecule has 0 radical (unpaired) electrons. The smallest absolute Gasteiger partial charge is 0.413 e. The zero-order valence-corrected chi connectivity index (χ0v) is 13.6. The first-order valence-corrected chi connectivity index (χ1v) is 7.43. The highest BCUT2D eigenvalue weighted by Gasteiger charge is 2.18. The van der Waals surface area contributed by atoms with E-state index in [1.807, 2.05) is 39.8 Å². The molecule has 0 unspecified atom stereocenters. The summed E-state index contributed by atoms with van der Waals surface area (Å²) in [6, 6.07) is 4.01. The number of ether oxygens (including phenoxy) is 1. The Morgan fingerprint density at radius 1 is 1.42 bits per heavy atom. The van der Waals surface area contributed by atoms with Gasteiger partial charge in [-0.1, -0.05) is 17.4 Å². The molecule has 0 spiro atoms. The number of nitrogens with zero attached hydrogens (tertiary/aromatic N) is 1. The number of benzene rings is 1. The summed E-state index contributed by atoms with van der Waals surface area (Å²) >= 11 is 4.93. The molecular formula is C13H15BrN2O2S. The summed E-state index contributed by atoms with van der Waals surface area (Å²) in [7, 11) is 0. The fraction of sp³-hybridized carbons (Fsp3) is 0.385. The lowest BCUT2D eigenvalue weighted by atomic mass is 10.2. The van der Waals surface area contributed by atoms with Crippen LogP contribution in [-0.4, -0.2) is 16.7 Å². The molecule has 2 aromatic rings. The zero-order valence-electron chi connectivity index (χ0n) is 11.2. The number of fused-ring (bicyclic) bond motifs is 1. The molecule has 102 valence electrons. The van der Waals surface area contributed by atoms with E-state index in [2.05, 4.69) is 26.2 Å². The van der Waals surface area contributed by atoms with Crippen molar-refractivity contribution in [2.75, 3.05) is 5.32 Å². The summed E-state index contributed by atoms with van der Waals surface area (Å²) in [5.41, 5.74) is 1.45. The lowest BCUT2D eigenvalue weighted by molar-refractivity contribution is 0.0636. The van der Waals surface area contributed by atoms with Gasteiger partial charge in [-0.2, -0.15) is 0 Å². The van der Waals surface area contributed by atoms with Crippen LogP contribution in [-0.2, 0) is 4.74 Å². The van der Waals surface area contributed by atoms with Crippen molar-refractivity contribution < 1.29 is 9.53 Å². The minimum absolute atomic E-state index is 0.487. The largest absolute Gasteiger partial charge is 0.444 e. The maximum absolute atomic E-state index is 11.7. The highest BCUT2D eigenvalue weighted by molar-refractivity contribution is 9.10. The minimum Gasteiger partial charge on any atom is -0.444 e. The van der Waals surface area contributed by atoms with Gasteiger partial charge in [0.15, 0.2) is 5.13 Å². The molecule has 0 bridgehead atoms. The molecule has 4 nitrogen and oxygen atoms in total. The summed E-state index contributed by atoms with van der Waals surface area (Å²) < 4.78 is 7.17. The van der Waals surface area contributed by atoms with Crippen LogP contribution < -0.4 is 5.32 Å². The van der Waals surface area contributed by atoms with Crippen LogP contribution in [0.25, 0.3) is 10.2 Å². The van der Waals surface area contributed by atoms with E-state index in [4.69, 9.17) is 4.74 Å². The summed E-state index contributed by atoms with van der Waals surface area (Å²) in [6.45, 7) is 7.48. The van der Waals surface area contributed by atoms with Gasteiger partial charge in [0.05, 0.1) is 10.2 Å². The lowest BCUT2D eigenvalue weighted by Gasteiger charge is -2.18. The van der Waals surface area contributed by atoms with Crippen LogP contribution in [0, 0.1) is 6.92 Å². The molecule has 6 heteroatoms. The SMILES string of the molecule is Cc1ccc2sc(NC(=O)OC(C)(C)C)nc2c1Br. The predicted octanol–water partition coefficient (Wildman–Crippen LogP) is 4.71. The van der Waals surface area contributed by atoms with E-state index >= 15 is 0 Å². The molecule has 0 fully saturated rings. The molecule has 1 N–H and O–H groups in total. The number of carbonyl (C=O) groups excluding carboxylic acids is 1. The van der Waals surface area contributed by atoms with Crippen molar-refractivity contribution in [3.8, 4) is 0 Å². The summed E-state index contributed by atoms with van der Waals surface area (Å²) in [6.07, 6.45) is -0.487. The molecule has 1 aromatic heterocycles. The van der Waals surface area contributed by atoms with Gasteiger partial charge in [0, 0.05) is 4.47 Å². The molecule has 1 amide bonds. The Labute approximate surface area is 124 Å². The van der Waals surface area contributed by atoms with Crippen LogP contribution in [0.4, 0.5) is 9.93 Å². The number of halogens is 1. The standard InChI is InChI=1S/C13H15BrN2O2S/c1-7-5-6-8-10(9(7)14)15-11(19-8)16-12(17)18-13(2,3)4/h5-6H,1-4H3,(H,15,16,17). The number of nitrogens with one attached hydrogen (secondary N) is 1. The van der Waals surface area contributed by atoms with Crippen molar-refractivity contribution in [3.05, 3.63) is 22.2 Å². The van der Waals surface area contributed by atoms with Crippen LogP contribution >= 0.6 is 27.3 Å². The van der Waals surface area contributed by atoms with Crippen molar-refractivity contribution in [1.29, 1.82) is 0 Å². The van der Waals surface area contributed by atoms with Crippen LogP contribution in [0.3, 0.4) is 0 Å². The molecular weight excluding hydrogens is 328 g/mol. The average molecular weight is 343 g/mol. The van der Waals surface area contributed by atoms with E-state index in [1.54, 1.807) is 0 Å². The number of hydrogen-bond acceptors (Lipinski definition) is 4. The van der Waals surface area contributed by atoms with E-state index < -0.39 is 11.7 Å². The molecule has 0 aliphatic rings. The first-order valence-electron chi connectivity index (χ1n) is 5.82. The van der Waals surface area contributed by atoms with Gasteiger partial charge in [0.25, 0.3) is 0 Å². The van der Waals surface area contributed by atoms with Gasteiger partial charge in [-0.3, -0.25) is 5.32 Å². The Balaban J connectivity index is 2.23. The molecule has 0 atom stereocenters. The van der Waals surface area contributed by atoms with Gasteiger partial charge < -0.3 is 4.74 Å². The first-order chi connectivity index (χ1) is 8.76. The van der Waals surface area contributed by atoms with Crippen molar-refractivity contribution in [2.45, 2.75) is 33.3 Å². The molecule has 0 saturated carbocycles. The first kappa shape index (κ1) is 14.3. The Kier molecular flexibility index (Phi) is 3.82. The minimum atomic E-state index is -0.516. The summed E-state index contributed by atoms with van der Waals surface area (Å²) in [4.78, 5) is 16.1. The van der Waals surface area contributed by atoms with Gasteiger partial charge >= 0.3 is 6.09 Å². The predicted molar refractivity (Wildman–Crippen MR) is 81.9 cm³/mol. The van der Waals surface area contributed by atoms with E-state index in [0.29, 0.717) is 5.13 Å². The number of rotatable bonds is 1. The van der Waals surface area contributed by atoms with Gasteiger partial charge in [0.1, 0.15) is 5.60 Å². The van der Waals surface area contributed by atoms with Gasteiger partial charge in [-0.15, -0.1) is 0 Å². The second-order valence-corrected chi connectivity index (χ2v) is 7.01. The van der Waals surface area contributed by atoms with Gasteiger partial charge in [-0.25, -0.2) is 9.78 Å². The quantitative estimate of drug-likeness (QED) is 0.815. The number of aryl methyl sites for hydroxylation is 1. The second kappa shape index (κ2) is 5.09. The number of anilines is 1. The van der Waals surface area contributed by atoms with E-state index in [0.717, 1.165) is 20.3 Å². The Morgan fingerprint density at radius 2 is 2.11 bits per heavy atom. The molecule has 2 rings (SSSR count). The van der Waals surface area contributed by atoms with Crippen molar-refractivity contribution in [1.82, 2.24) is 4.98 Å². The van der Waals surface area contributed by atoms with Crippen molar-refractivity contribution in [3.63, 3.8) is 0 Å². The Hall–Kier alpha value is -1.14. The fourth-order valence-corrected chi connectivity index (χ4v) is 2.93. The van der Waals surface area contributed by atoms with Crippen LogP contribution in [0.2, 0.25) is 0 Å². The highest BCUT2D eigenvalue weighted by atomic mass is 79.9. The monoisotopic (exact) mass is 342 g/mol. The molecule has 0 saturated heterocycles. The lowest BCUT2D eigenvalue weighted by Crippen LogP contribution is -2.27. The van der Waals surface area contributed by atoms with Crippen molar-refractivity contribution >= 4 is 48.7 Å². The highest BCUT2D eigenvalue weighted by Crippen LogP contribution is 2.33. The van der Waals surface area contributed by atoms with Gasteiger partial charge in [0.2, 0.25) is 0 Å². The van der Waals surface area contributed by atoms with E-state index in [9.17, 15) is 4.79 Å². The maximum Gasteiger partial charge on any atom is 0.413 e. The molecule has 1 aromatic carbocycles. The maximum atomic E-state index is 11.7. The van der Waals surface area contributed by atoms with Crippen LogP contribution in [0.15, 0.2) is 16.6 Å². The second-order valence-electron chi connectivity index (χ2n) is 5.19. The number of hydrogen-bond donors (Lipinski definition) is 1. The fourth-order valence-electron chi connectivity index (χ4n) is 1.51. The molecule has 0 aliphatic carbocycles. The summed E-state index contributed by atoms with van der Waals surface area (Å²) in [5, 5.41) is 3.20. The number of amides is 1. The van der Waals surface area contributed by atoms with Gasteiger partial charge in [-0.05, 0) is 55.3 Å². The Morgan fingerprint density at radius 3 is 2.74 bits per heavy atom. The third-order valence-electron chi connectivity index (χ3n) is 2.30. The topological polar surface area (TPSA) is 51.2 Å². The molecule has 1 heterocycles. The van der Waals surface area contributed by atoms with E-state index in [1.165, 1.54) is 11.3 Å². The third-order valence-corrected chi connectivity index (χ3v) is 4.24. The third kappa shape index (κ3) is 3.45. The zero-order chi connectivity index (χ0) is 14.2. The number of carbonyl (C=O) groups is 1. The number of aromatic nitrogens is 1. The Bertz CT molecular complexity index is 631. The molecule has 0 aliphatic heterocycles. The normalized spacial score (nSPS) is 11.6. The van der Waals surface area contributed by atoms with E-state index in [-0.39, 0.29) is 0 Å². The molecule has 19 heavy (non-hydrogen) atoms. The van der Waals surface area contributed by atoms with Crippen LogP contribution in [0.5, 0.6) is 0 Å². The van der Waals surface area contributed by atoms with Crippen molar-refractivity contribution in [2.24, 2.45) is 0 Å². The number of thiazole rings is 1.